The summed E-state index contributed by atoms with van der Waals surface area (Å²) in [5.74, 6) is 0. The van der Waals surface area contributed by atoms with Crippen molar-refractivity contribution in [2.45, 2.75) is 32.4 Å². The number of amides is 1. The van der Waals surface area contributed by atoms with Crippen molar-refractivity contribution < 1.29 is 9.53 Å². The number of hydrogen-bond donors (Lipinski definition) is 1. The molecule has 2 aromatic rings. The minimum Gasteiger partial charge on any atom is -0.444 e. The average molecular weight is 312 g/mol. The van der Waals surface area contributed by atoms with E-state index in [0.717, 1.165) is 13.1 Å². The van der Waals surface area contributed by atoms with E-state index < -0.39 is 5.60 Å². The number of nitrogens with one attached hydrogen (secondary N) is 1. The zero-order chi connectivity index (χ0) is 16.4. The van der Waals surface area contributed by atoms with Crippen LogP contribution in [0, 0.1) is 0 Å². The second-order valence-corrected chi connectivity index (χ2v) is 6.96. The van der Waals surface area contributed by atoms with Gasteiger partial charge in [0.2, 0.25) is 0 Å². The summed E-state index contributed by atoms with van der Waals surface area (Å²) < 4.78 is 5.60. The summed E-state index contributed by atoms with van der Waals surface area (Å²) in [6.45, 7) is 7.90. The molecule has 1 amide bonds. The molecule has 2 aromatic carbocycles. The Morgan fingerprint density at radius 2 is 1.91 bits per heavy atom. The standard InChI is InChI=1S/C19H24N2O2/c1-19(2,3)23-18(22)21-12-11-20-13-17(21)16-10-6-8-14-7-4-5-9-15(14)16/h4-10,17,20H,11-13H2,1-3H3/t17-/m1/s1. The molecule has 0 radical (unpaired) electrons. The molecule has 3 rings (SSSR count). The minimum absolute atomic E-state index is 0.00954. The molecule has 0 spiro atoms. The fourth-order valence-electron chi connectivity index (χ4n) is 3.06. The zero-order valence-corrected chi connectivity index (χ0v) is 14.0. The summed E-state index contributed by atoms with van der Waals surface area (Å²) in [6, 6.07) is 14.6. The fraction of sp³-hybridized carbons (Fsp3) is 0.421. The van der Waals surface area contributed by atoms with Gasteiger partial charge in [0.1, 0.15) is 5.60 Å². The molecule has 23 heavy (non-hydrogen) atoms. The molecule has 1 aliphatic rings. The number of carbonyl (C=O) groups excluding carboxylic acids is 1. The Balaban J connectivity index is 1.96. The summed E-state index contributed by atoms with van der Waals surface area (Å²) in [6.07, 6.45) is -0.239. The van der Waals surface area contributed by atoms with Gasteiger partial charge in [0.05, 0.1) is 6.04 Å². The summed E-state index contributed by atoms with van der Waals surface area (Å²) >= 11 is 0. The van der Waals surface area contributed by atoms with Crippen LogP contribution in [-0.2, 0) is 4.74 Å². The highest BCUT2D eigenvalue weighted by Gasteiger charge is 2.32. The highest BCUT2D eigenvalue weighted by atomic mass is 16.6. The lowest BCUT2D eigenvalue weighted by atomic mass is 9.96. The predicted octanol–water partition coefficient (Wildman–Crippen LogP) is 3.72. The van der Waals surface area contributed by atoms with Crippen molar-refractivity contribution in [3.05, 3.63) is 48.0 Å². The first-order valence-electron chi connectivity index (χ1n) is 8.14. The SMILES string of the molecule is CC(C)(C)OC(=O)N1CCNC[C@@H]1c1cccc2ccccc12. The average Bonchev–Trinajstić information content (AvgIpc) is 2.53. The van der Waals surface area contributed by atoms with Crippen LogP contribution < -0.4 is 5.32 Å². The first-order chi connectivity index (χ1) is 11.0. The first kappa shape index (κ1) is 15.8. The molecule has 1 N–H and O–H groups in total. The van der Waals surface area contributed by atoms with E-state index >= 15 is 0 Å². The molecule has 4 heteroatoms. The molecule has 1 atom stereocenters. The molecule has 1 saturated heterocycles. The number of nitrogens with zero attached hydrogens (tertiary/aromatic N) is 1. The van der Waals surface area contributed by atoms with E-state index in [-0.39, 0.29) is 12.1 Å². The van der Waals surface area contributed by atoms with Crippen molar-refractivity contribution in [2.24, 2.45) is 0 Å². The van der Waals surface area contributed by atoms with Gasteiger partial charge in [-0.05, 0) is 37.1 Å². The Kier molecular flexibility index (Phi) is 4.26. The molecule has 0 bridgehead atoms. The van der Waals surface area contributed by atoms with Crippen LogP contribution >= 0.6 is 0 Å². The number of fused-ring (bicyclic) bond motifs is 1. The minimum atomic E-state index is -0.481. The molecule has 0 unspecified atom stereocenters. The van der Waals surface area contributed by atoms with Crippen molar-refractivity contribution in [3.63, 3.8) is 0 Å². The van der Waals surface area contributed by atoms with Crippen LogP contribution in [0.4, 0.5) is 4.79 Å². The number of benzene rings is 2. The summed E-state index contributed by atoms with van der Waals surface area (Å²) in [5, 5.41) is 5.78. The second-order valence-electron chi connectivity index (χ2n) is 6.96. The van der Waals surface area contributed by atoms with Gasteiger partial charge >= 0.3 is 6.09 Å². The number of rotatable bonds is 1. The van der Waals surface area contributed by atoms with Gasteiger partial charge in [-0.3, -0.25) is 4.90 Å². The van der Waals surface area contributed by atoms with Crippen LogP contribution in [0.3, 0.4) is 0 Å². The van der Waals surface area contributed by atoms with Gasteiger partial charge < -0.3 is 10.1 Å². The van der Waals surface area contributed by atoms with Crippen LogP contribution in [0.2, 0.25) is 0 Å². The molecular weight excluding hydrogens is 288 g/mol. The molecule has 0 aliphatic carbocycles. The smallest absolute Gasteiger partial charge is 0.410 e. The molecule has 0 saturated carbocycles. The van der Waals surface area contributed by atoms with Crippen molar-refractivity contribution in [1.29, 1.82) is 0 Å². The van der Waals surface area contributed by atoms with E-state index in [1.165, 1.54) is 16.3 Å². The normalized spacial score (nSPS) is 18.9. The quantitative estimate of drug-likeness (QED) is 0.872. The summed E-state index contributed by atoms with van der Waals surface area (Å²) in [7, 11) is 0. The van der Waals surface area contributed by atoms with Crippen molar-refractivity contribution in [2.75, 3.05) is 19.6 Å². The van der Waals surface area contributed by atoms with Gasteiger partial charge in [-0.15, -0.1) is 0 Å². The number of carbonyl (C=O) groups is 1. The van der Waals surface area contributed by atoms with Gasteiger partial charge in [0.15, 0.2) is 0 Å². The molecule has 1 heterocycles. The van der Waals surface area contributed by atoms with E-state index in [9.17, 15) is 4.79 Å². The van der Waals surface area contributed by atoms with Gasteiger partial charge in [0, 0.05) is 19.6 Å². The summed E-state index contributed by atoms with van der Waals surface area (Å²) in [4.78, 5) is 14.5. The fourth-order valence-corrected chi connectivity index (χ4v) is 3.06. The lowest BCUT2D eigenvalue weighted by Gasteiger charge is -2.37. The largest absolute Gasteiger partial charge is 0.444 e. The summed E-state index contributed by atoms with van der Waals surface area (Å²) in [5.41, 5.74) is 0.687. The lowest BCUT2D eigenvalue weighted by molar-refractivity contribution is 0.0119. The third-order valence-corrected chi connectivity index (χ3v) is 4.05. The molecule has 4 nitrogen and oxygen atoms in total. The van der Waals surface area contributed by atoms with Gasteiger partial charge in [-0.2, -0.15) is 0 Å². The number of ether oxygens (including phenoxy) is 1. The maximum Gasteiger partial charge on any atom is 0.410 e. The maximum atomic E-state index is 12.6. The Labute approximate surface area is 137 Å². The third-order valence-electron chi connectivity index (χ3n) is 4.05. The van der Waals surface area contributed by atoms with Crippen LogP contribution in [0.25, 0.3) is 10.8 Å². The lowest BCUT2D eigenvalue weighted by Crippen LogP contribution is -2.50. The van der Waals surface area contributed by atoms with Crippen LogP contribution in [0.5, 0.6) is 0 Å². The zero-order valence-electron chi connectivity index (χ0n) is 14.0. The molecule has 0 aromatic heterocycles. The van der Waals surface area contributed by atoms with Crippen molar-refractivity contribution >= 4 is 16.9 Å². The van der Waals surface area contributed by atoms with E-state index in [2.05, 4.69) is 35.6 Å². The Morgan fingerprint density at radius 3 is 2.70 bits per heavy atom. The van der Waals surface area contributed by atoms with Gasteiger partial charge in [-0.25, -0.2) is 4.79 Å². The van der Waals surface area contributed by atoms with Crippen molar-refractivity contribution in [1.82, 2.24) is 10.2 Å². The van der Waals surface area contributed by atoms with Crippen LogP contribution in [0.15, 0.2) is 42.5 Å². The highest BCUT2D eigenvalue weighted by molar-refractivity contribution is 5.86. The third kappa shape index (κ3) is 3.48. The Hall–Kier alpha value is -2.07. The van der Waals surface area contributed by atoms with Crippen LogP contribution in [0.1, 0.15) is 32.4 Å². The van der Waals surface area contributed by atoms with Crippen molar-refractivity contribution in [3.8, 4) is 0 Å². The van der Waals surface area contributed by atoms with E-state index in [1.54, 1.807) is 0 Å². The Bertz CT molecular complexity index is 701. The van der Waals surface area contributed by atoms with Crippen LogP contribution in [-0.4, -0.2) is 36.2 Å². The number of hydrogen-bond acceptors (Lipinski definition) is 3. The highest BCUT2D eigenvalue weighted by Crippen LogP contribution is 2.30. The molecular formula is C19H24N2O2. The molecule has 1 fully saturated rings. The monoisotopic (exact) mass is 312 g/mol. The molecule has 1 aliphatic heterocycles. The van der Waals surface area contributed by atoms with E-state index in [0.29, 0.717) is 6.54 Å². The predicted molar refractivity (Wildman–Crippen MR) is 92.5 cm³/mol. The topological polar surface area (TPSA) is 41.6 Å². The van der Waals surface area contributed by atoms with Gasteiger partial charge in [0.25, 0.3) is 0 Å². The molecule has 122 valence electrons. The maximum absolute atomic E-state index is 12.6. The first-order valence-corrected chi connectivity index (χ1v) is 8.14. The number of piperazine rings is 1. The van der Waals surface area contributed by atoms with E-state index in [4.69, 9.17) is 4.74 Å². The van der Waals surface area contributed by atoms with Gasteiger partial charge in [-0.1, -0.05) is 42.5 Å². The Morgan fingerprint density at radius 1 is 1.17 bits per heavy atom. The second kappa shape index (κ2) is 6.20. The van der Waals surface area contributed by atoms with E-state index in [1.807, 2.05) is 37.8 Å².